The van der Waals surface area contributed by atoms with Gasteiger partial charge in [0.15, 0.2) is 23.9 Å². The molecule has 3 heterocycles. The average Bonchev–Trinajstić information content (AvgIpc) is 3.16. The predicted octanol–water partition coefficient (Wildman–Crippen LogP) is 2.14. The quantitative estimate of drug-likeness (QED) is 0.838. The van der Waals surface area contributed by atoms with Gasteiger partial charge in [0.2, 0.25) is 0 Å². The normalized spacial score (nSPS) is 23.4. The Bertz CT molecular complexity index is 656. The van der Waals surface area contributed by atoms with Crippen LogP contribution in [0.2, 0.25) is 0 Å². The molecule has 0 radical (unpaired) electrons. The highest BCUT2D eigenvalue weighted by Crippen LogP contribution is 2.41. The van der Waals surface area contributed by atoms with E-state index in [1.54, 1.807) is 0 Å². The monoisotopic (exact) mass is 347 g/mol. The number of benzene rings is 1. The highest BCUT2D eigenvalue weighted by Gasteiger charge is 2.41. The molecule has 2 fully saturated rings. The highest BCUT2D eigenvalue weighted by molar-refractivity contribution is 5.78. The molecule has 0 bridgehead atoms. The van der Waals surface area contributed by atoms with Gasteiger partial charge in [-0.3, -0.25) is 4.79 Å². The van der Waals surface area contributed by atoms with Gasteiger partial charge in [0.05, 0.1) is 13.2 Å². The van der Waals surface area contributed by atoms with Crippen molar-refractivity contribution in [2.24, 2.45) is 0 Å². The van der Waals surface area contributed by atoms with Crippen molar-refractivity contribution in [2.45, 2.75) is 44.5 Å². The number of hydrogen-bond acceptors (Lipinski definition) is 5. The summed E-state index contributed by atoms with van der Waals surface area (Å²) in [6.45, 7) is 6.70. The van der Waals surface area contributed by atoms with Crippen LogP contribution in [-0.4, -0.2) is 55.1 Å². The molecule has 1 aromatic rings. The Morgan fingerprint density at radius 1 is 1.20 bits per heavy atom. The predicted molar refractivity (Wildman–Crippen MR) is 90.8 cm³/mol. The topological polar surface area (TPSA) is 57.2 Å². The molecule has 6 nitrogen and oxygen atoms in total. The first-order valence-corrected chi connectivity index (χ1v) is 8.96. The van der Waals surface area contributed by atoms with Gasteiger partial charge in [0.25, 0.3) is 5.91 Å². The van der Waals surface area contributed by atoms with Crippen LogP contribution in [0.5, 0.6) is 11.5 Å². The van der Waals surface area contributed by atoms with E-state index >= 15 is 0 Å². The fourth-order valence-corrected chi connectivity index (χ4v) is 3.81. The van der Waals surface area contributed by atoms with E-state index in [1.807, 2.05) is 23.1 Å². The summed E-state index contributed by atoms with van der Waals surface area (Å²) in [5, 5.41) is 0. The molecule has 0 atom stereocenters. The van der Waals surface area contributed by atoms with Crippen LogP contribution in [0.25, 0.3) is 0 Å². The first-order valence-electron chi connectivity index (χ1n) is 8.96. The zero-order valence-corrected chi connectivity index (χ0v) is 14.9. The maximum absolute atomic E-state index is 12.5. The van der Waals surface area contributed by atoms with Crippen molar-refractivity contribution in [1.29, 1.82) is 0 Å². The fraction of sp³-hybridized carbons (Fsp3) is 0.632. The molecule has 0 N–H and O–H groups in total. The maximum Gasteiger partial charge on any atom is 0.260 e. The van der Waals surface area contributed by atoms with Crippen molar-refractivity contribution in [3.8, 4) is 11.5 Å². The SMILES string of the molecule is CC1(C)Cc2cccc(OCC(=O)N3CCC4(CC3)OCCO4)c2O1. The number of piperidine rings is 1. The van der Waals surface area contributed by atoms with Crippen LogP contribution in [0.3, 0.4) is 0 Å². The van der Waals surface area contributed by atoms with Crippen LogP contribution >= 0.6 is 0 Å². The first kappa shape index (κ1) is 16.7. The van der Waals surface area contributed by atoms with Crippen molar-refractivity contribution in [3.05, 3.63) is 23.8 Å². The van der Waals surface area contributed by atoms with Crippen LogP contribution in [-0.2, 0) is 20.7 Å². The van der Waals surface area contributed by atoms with Gasteiger partial charge < -0.3 is 23.8 Å². The Labute approximate surface area is 148 Å². The van der Waals surface area contributed by atoms with Crippen molar-refractivity contribution in [1.82, 2.24) is 4.90 Å². The van der Waals surface area contributed by atoms with Crippen molar-refractivity contribution < 1.29 is 23.7 Å². The van der Waals surface area contributed by atoms with Gasteiger partial charge in [-0.1, -0.05) is 12.1 Å². The molecule has 6 heteroatoms. The maximum atomic E-state index is 12.5. The van der Waals surface area contributed by atoms with Gasteiger partial charge in [-0.15, -0.1) is 0 Å². The van der Waals surface area contributed by atoms with Gasteiger partial charge in [-0.2, -0.15) is 0 Å². The van der Waals surface area contributed by atoms with Crippen LogP contribution in [0.4, 0.5) is 0 Å². The zero-order valence-electron chi connectivity index (χ0n) is 14.9. The molecule has 3 aliphatic heterocycles. The van der Waals surface area contributed by atoms with E-state index in [9.17, 15) is 4.79 Å². The molecule has 3 aliphatic rings. The number of carbonyl (C=O) groups excluding carboxylic acids is 1. The van der Waals surface area contributed by atoms with E-state index in [1.165, 1.54) is 0 Å². The summed E-state index contributed by atoms with van der Waals surface area (Å²) in [5.74, 6) is 0.942. The Morgan fingerprint density at radius 2 is 1.92 bits per heavy atom. The van der Waals surface area contributed by atoms with Gasteiger partial charge in [-0.05, 0) is 19.9 Å². The van der Waals surface area contributed by atoms with Crippen LogP contribution < -0.4 is 9.47 Å². The molecule has 1 spiro atoms. The van der Waals surface area contributed by atoms with Crippen LogP contribution in [0.15, 0.2) is 18.2 Å². The fourth-order valence-electron chi connectivity index (χ4n) is 3.81. The average molecular weight is 347 g/mol. The van der Waals surface area contributed by atoms with E-state index in [0.717, 1.165) is 30.6 Å². The number of carbonyl (C=O) groups is 1. The van der Waals surface area contributed by atoms with Crippen LogP contribution in [0, 0.1) is 0 Å². The molecular formula is C19H25NO5. The molecule has 0 aliphatic carbocycles. The molecule has 0 aromatic heterocycles. The molecule has 2 saturated heterocycles. The lowest BCUT2D eigenvalue weighted by Gasteiger charge is -2.37. The number of likely N-dealkylation sites (tertiary alicyclic amines) is 1. The number of hydrogen-bond donors (Lipinski definition) is 0. The molecule has 136 valence electrons. The van der Waals surface area contributed by atoms with Crippen molar-refractivity contribution >= 4 is 5.91 Å². The molecular weight excluding hydrogens is 322 g/mol. The summed E-state index contributed by atoms with van der Waals surface area (Å²) in [4.78, 5) is 14.3. The molecule has 25 heavy (non-hydrogen) atoms. The number of para-hydroxylation sites is 1. The first-order chi connectivity index (χ1) is 12.0. The van der Waals surface area contributed by atoms with Gasteiger partial charge in [0.1, 0.15) is 5.60 Å². The summed E-state index contributed by atoms with van der Waals surface area (Å²) in [7, 11) is 0. The lowest BCUT2D eigenvalue weighted by atomic mass is 10.0. The Hall–Kier alpha value is -1.79. The molecule has 1 amide bonds. The zero-order chi connectivity index (χ0) is 17.5. The van der Waals surface area contributed by atoms with E-state index in [4.69, 9.17) is 18.9 Å². The minimum absolute atomic E-state index is 0.0114. The Morgan fingerprint density at radius 3 is 2.64 bits per heavy atom. The second-order valence-electron chi connectivity index (χ2n) is 7.56. The standard InChI is InChI=1S/C19H25NO5/c1-18(2)12-14-4-3-5-15(17(14)25-18)22-13-16(21)20-8-6-19(7-9-20)23-10-11-24-19/h3-5H,6-13H2,1-2H3. The molecule has 1 aromatic carbocycles. The number of ether oxygens (including phenoxy) is 4. The van der Waals surface area contributed by atoms with E-state index < -0.39 is 5.79 Å². The summed E-state index contributed by atoms with van der Waals surface area (Å²) in [6, 6.07) is 5.85. The third-order valence-corrected chi connectivity index (χ3v) is 5.10. The van der Waals surface area contributed by atoms with E-state index in [2.05, 4.69) is 13.8 Å². The Kier molecular flexibility index (Phi) is 4.12. The third-order valence-electron chi connectivity index (χ3n) is 5.10. The highest BCUT2D eigenvalue weighted by atomic mass is 16.7. The minimum Gasteiger partial charge on any atom is -0.483 e. The lowest BCUT2D eigenvalue weighted by Crippen LogP contribution is -2.48. The number of fused-ring (bicyclic) bond motifs is 1. The minimum atomic E-state index is -0.461. The summed E-state index contributed by atoms with van der Waals surface area (Å²) < 4.78 is 23.2. The second kappa shape index (κ2) is 6.18. The van der Waals surface area contributed by atoms with Crippen molar-refractivity contribution in [2.75, 3.05) is 32.9 Å². The largest absolute Gasteiger partial charge is 0.483 e. The smallest absolute Gasteiger partial charge is 0.260 e. The van der Waals surface area contributed by atoms with Crippen LogP contribution in [0.1, 0.15) is 32.3 Å². The van der Waals surface area contributed by atoms with Crippen molar-refractivity contribution in [3.63, 3.8) is 0 Å². The third kappa shape index (κ3) is 3.33. The second-order valence-corrected chi connectivity index (χ2v) is 7.56. The van der Waals surface area contributed by atoms with Gasteiger partial charge in [0, 0.05) is 37.9 Å². The summed E-state index contributed by atoms with van der Waals surface area (Å²) >= 11 is 0. The number of amides is 1. The van der Waals surface area contributed by atoms with Gasteiger partial charge >= 0.3 is 0 Å². The molecule has 0 unspecified atom stereocenters. The van der Waals surface area contributed by atoms with Gasteiger partial charge in [-0.25, -0.2) is 0 Å². The van der Waals surface area contributed by atoms with E-state index in [0.29, 0.717) is 32.1 Å². The number of nitrogens with zero attached hydrogens (tertiary/aromatic N) is 1. The summed E-state index contributed by atoms with van der Waals surface area (Å²) in [5.41, 5.74) is 0.902. The summed E-state index contributed by atoms with van der Waals surface area (Å²) in [6.07, 6.45) is 2.29. The molecule has 4 rings (SSSR count). The molecule has 0 saturated carbocycles. The lowest BCUT2D eigenvalue weighted by molar-refractivity contribution is -0.187. The Balaban J connectivity index is 1.34. The number of rotatable bonds is 3. The van der Waals surface area contributed by atoms with E-state index in [-0.39, 0.29) is 18.1 Å².